The summed E-state index contributed by atoms with van der Waals surface area (Å²) in [6.07, 6.45) is 5.42. The van der Waals surface area contributed by atoms with Gasteiger partial charge in [0, 0.05) is 37.7 Å². The molecule has 3 aliphatic rings. The molecule has 1 aliphatic heterocycles. The molecular weight excluding hydrogens is 364 g/mol. The van der Waals surface area contributed by atoms with Gasteiger partial charge in [0.05, 0.1) is 5.56 Å². The topological polar surface area (TPSA) is 88.3 Å². The average molecular weight is 390 g/mol. The van der Waals surface area contributed by atoms with E-state index < -0.39 is 0 Å². The second kappa shape index (κ2) is 6.87. The summed E-state index contributed by atoms with van der Waals surface area (Å²) in [5, 5.41) is 2.91. The lowest BCUT2D eigenvalue weighted by molar-refractivity contribution is -0.134. The Hall–Kier alpha value is -2.89. The van der Waals surface area contributed by atoms with Gasteiger partial charge in [-0.1, -0.05) is 36.8 Å². The third-order valence-electron chi connectivity index (χ3n) is 6.89. The van der Waals surface area contributed by atoms with Crippen molar-refractivity contribution in [1.29, 1.82) is 0 Å². The maximum absolute atomic E-state index is 12.9. The van der Waals surface area contributed by atoms with E-state index in [1.807, 2.05) is 41.3 Å². The molecule has 1 aromatic carbocycles. The molecule has 29 heavy (non-hydrogen) atoms. The SMILES string of the molecule is Nc1nc2c(cc1C(=O)NCc1ccccc1)CN(C(=O)C1CC13CCC3)CC2. The molecule has 150 valence electrons. The van der Waals surface area contributed by atoms with Gasteiger partial charge >= 0.3 is 0 Å². The maximum Gasteiger partial charge on any atom is 0.255 e. The molecule has 2 aromatic rings. The van der Waals surface area contributed by atoms with E-state index in [2.05, 4.69) is 10.3 Å². The molecule has 3 N–H and O–H groups in total. The quantitative estimate of drug-likeness (QED) is 0.840. The standard InChI is InChI=1S/C23H26N4O2/c24-20-17(21(28)25-13-15-5-2-1-3-6-15)11-16-14-27(10-7-19(16)26-20)22(29)18-12-23(18)8-4-9-23/h1-3,5-6,11,18H,4,7-10,12-14H2,(H2,24,26)(H,25,28). The molecule has 2 saturated carbocycles. The molecule has 1 unspecified atom stereocenters. The third-order valence-corrected chi connectivity index (χ3v) is 6.89. The molecule has 2 amide bonds. The number of carbonyl (C=O) groups excluding carboxylic acids is 2. The Labute approximate surface area is 170 Å². The summed E-state index contributed by atoms with van der Waals surface area (Å²) in [5.41, 5.74) is 9.66. The van der Waals surface area contributed by atoms with E-state index in [0.29, 0.717) is 37.0 Å². The van der Waals surface area contributed by atoms with E-state index >= 15 is 0 Å². The predicted octanol–water partition coefficient (Wildman–Crippen LogP) is 2.67. The molecular formula is C23H26N4O2. The number of pyridine rings is 1. The Balaban J connectivity index is 1.29. The highest BCUT2D eigenvalue weighted by atomic mass is 16.2. The number of nitrogens with zero attached hydrogens (tertiary/aromatic N) is 2. The number of fused-ring (bicyclic) bond motifs is 1. The highest BCUT2D eigenvalue weighted by Crippen LogP contribution is 2.66. The number of carbonyl (C=O) groups is 2. The lowest BCUT2D eigenvalue weighted by Crippen LogP contribution is -2.39. The number of aromatic nitrogens is 1. The van der Waals surface area contributed by atoms with Crippen molar-refractivity contribution in [2.75, 3.05) is 12.3 Å². The third kappa shape index (κ3) is 3.26. The Morgan fingerprint density at radius 1 is 1.24 bits per heavy atom. The van der Waals surface area contributed by atoms with E-state index in [0.717, 1.165) is 23.2 Å². The van der Waals surface area contributed by atoms with Crippen LogP contribution in [0, 0.1) is 11.3 Å². The van der Waals surface area contributed by atoms with Gasteiger partial charge in [-0.25, -0.2) is 4.98 Å². The smallest absolute Gasteiger partial charge is 0.255 e. The van der Waals surface area contributed by atoms with Crippen molar-refractivity contribution in [3.63, 3.8) is 0 Å². The van der Waals surface area contributed by atoms with Crippen LogP contribution in [0.25, 0.3) is 0 Å². The number of anilines is 1. The first-order valence-electron chi connectivity index (χ1n) is 10.4. The number of nitrogen functional groups attached to an aromatic ring is 1. The van der Waals surface area contributed by atoms with Crippen LogP contribution in [0.2, 0.25) is 0 Å². The number of hydrogen-bond acceptors (Lipinski definition) is 4. The van der Waals surface area contributed by atoms with Gasteiger partial charge in [-0.3, -0.25) is 9.59 Å². The van der Waals surface area contributed by atoms with Gasteiger partial charge < -0.3 is 16.0 Å². The lowest BCUT2D eigenvalue weighted by Gasteiger charge is -2.32. The van der Waals surface area contributed by atoms with E-state index in [4.69, 9.17) is 5.73 Å². The summed E-state index contributed by atoms with van der Waals surface area (Å²) in [6.45, 7) is 1.64. The van der Waals surface area contributed by atoms with Gasteiger partial charge in [-0.05, 0) is 41.9 Å². The summed E-state index contributed by atoms with van der Waals surface area (Å²) < 4.78 is 0. The summed E-state index contributed by atoms with van der Waals surface area (Å²) >= 11 is 0. The minimum Gasteiger partial charge on any atom is -0.383 e. The number of rotatable bonds is 4. The highest BCUT2D eigenvalue weighted by Gasteiger charge is 2.61. The van der Waals surface area contributed by atoms with Crippen LogP contribution in [0.1, 0.15) is 52.9 Å². The first-order chi connectivity index (χ1) is 14.1. The lowest BCUT2D eigenvalue weighted by atomic mass is 9.79. The van der Waals surface area contributed by atoms with Crippen molar-refractivity contribution >= 4 is 17.6 Å². The Bertz CT molecular complexity index is 968. The average Bonchev–Trinajstić information content (AvgIpc) is 3.48. The van der Waals surface area contributed by atoms with Crippen molar-refractivity contribution in [2.24, 2.45) is 11.3 Å². The van der Waals surface area contributed by atoms with Gasteiger partial charge in [0.15, 0.2) is 0 Å². The molecule has 2 heterocycles. The molecule has 0 saturated heterocycles. The van der Waals surface area contributed by atoms with Gasteiger partial charge in [0.25, 0.3) is 5.91 Å². The van der Waals surface area contributed by atoms with Crippen LogP contribution in [0.5, 0.6) is 0 Å². The van der Waals surface area contributed by atoms with Crippen molar-refractivity contribution in [3.05, 3.63) is 58.8 Å². The van der Waals surface area contributed by atoms with Gasteiger partial charge in [0.1, 0.15) is 5.82 Å². The fourth-order valence-electron chi connectivity index (χ4n) is 4.83. The number of hydrogen-bond donors (Lipinski definition) is 2. The molecule has 0 bridgehead atoms. The first-order valence-corrected chi connectivity index (χ1v) is 10.4. The van der Waals surface area contributed by atoms with Gasteiger partial charge in [-0.2, -0.15) is 0 Å². The Kier molecular flexibility index (Phi) is 4.30. The van der Waals surface area contributed by atoms with Crippen LogP contribution in [0.15, 0.2) is 36.4 Å². The number of nitrogens with one attached hydrogen (secondary N) is 1. The minimum atomic E-state index is -0.235. The molecule has 2 aliphatic carbocycles. The van der Waals surface area contributed by atoms with Crippen LogP contribution in [0.4, 0.5) is 5.82 Å². The summed E-state index contributed by atoms with van der Waals surface area (Å²) in [5.74, 6) is 0.515. The Morgan fingerprint density at radius 2 is 2.03 bits per heavy atom. The maximum atomic E-state index is 12.9. The monoisotopic (exact) mass is 390 g/mol. The fraction of sp³-hybridized carbons (Fsp3) is 0.435. The van der Waals surface area contributed by atoms with Gasteiger partial charge in [0.2, 0.25) is 5.91 Å². The molecule has 0 radical (unpaired) electrons. The fourth-order valence-corrected chi connectivity index (χ4v) is 4.83. The zero-order valence-electron chi connectivity index (χ0n) is 16.5. The van der Waals surface area contributed by atoms with Crippen LogP contribution in [-0.4, -0.2) is 28.2 Å². The van der Waals surface area contributed by atoms with Gasteiger partial charge in [-0.15, -0.1) is 0 Å². The summed E-state index contributed by atoms with van der Waals surface area (Å²) in [7, 11) is 0. The molecule has 1 atom stereocenters. The van der Waals surface area contributed by atoms with Crippen molar-refractivity contribution in [2.45, 2.75) is 45.2 Å². The largest absolute Gasteiger partial charge is 0.383 e. The molecule has 6 nitrogen and oxygen atoms in total. The van der Waals surface area contributed by atoms with Crippen LogP contribution >= 0.6 is 0 Å². The van der Waals surface area contributed by atoms with E-state index in [1.54, 1.807) is 0 Å². The Morgan fingerprint density at radius 3 is 2.72 bits per heavy atom. The minimum absolute atomic E-state index is 0.216. The molecule has 1 spiro atoms. The van der Waals surface area contributed by atoms with E-state index in [1.165, 1.54) is 19.3 Å². The molecule has 2 fully saturated rings. The van der Waals surface area contributed by atoms with Crippen LogP contribution < -0.4 is 11.1 Å². The van der Waals surface area contributed by atoms with Crippen molar-refractivity contribution in [3.8, 4) is 0 Å². The molecule has 6 heteroatoms. The van der Waals surface area contributed by atoms with Crippen molar-refractivity contribution in [1.82, 2.24) is 15.2 Å². The van der Waals surface area contributed by atoms with Crippen LogP contribution in [-0.2, 0) is 24.3 Å². The molecule has 5 rings (SSSR count). The summed E-state index contributed by atoms with van der Waals surface area (Å²) in [6, 6.07) is 11.6. The number of nitrogens with two attached hydrogens (primary N) is 1. The first kappa shape index (κ1) is 18.2. The second-order valence-corrected chi connectivity index (χ2v) is 8.68. The van der Waals surface area contributed by atoms with E-state index in [-0.39, 0.29) is 23.6 Å². The van der Waals surface area contributed by atoms with E-state index in [9.17, 15) is 9.59 Å². The summed E-state index contributed by atoms with van der Waals surface area (Å²) in [4.78, 5) is 32.0. The highest BCUT2D eigenvalue weighted by molar-refractivity contribution is 5.98. The van der Waals surface area contributed by atoms with Crippen molar-refractivity contribution < 1.29 is 9.59 Å². The zero-order chi connectivity index (χ0) is 20.0. The number of benzene rings is 1. The number of amides is 2. The van der Waals surface area contributed by atoms with Crippen LogP contribution in [0.3, 0.4) is 0 Å². The second-order valence-electron chi connectivity index (χ2n) is 8.68. The molecule has 1 aromatic heterocycles. The normalized spacial score (nSPS) is 21.2. The predicted molar refractivity (Wildman–Crippen MR) is 110 cm³/mol. The zero-order valence-corrected chi connectivity index (χ0v) is 16.5.